The second kappa shape index (κ2) is 2.41. The Morgan fingerprint density at radius 2 is 2.20 bits per heavy atom. The Hall–Kier alpha value is 0.165. The molecule has 0 amide bonds. The lowest BCUT2D eigenvalue weighted by Crippen LogP contribution is -1.63. The van der Waals surface area contributed by atoms with E-state index in [0.717, 1.165) is 6.03 Å². The van der Waals surface area contributed by atoms with E-state index in [1.165, 1.54) is 0 Å². The zero-order valence-corrected chi connectivity index (χ0v) is 4.33. The van der Waals surface area contributed by atoms with Crippen LogP contribution in [0, 0.1) is 0 Å². The second-order valence-corrected chi connectivity index (χ2v) is 3.21. The molecule has 0 spiro atoms. The van der Waals surface area contributed by atoms with Gasteiger partial charge in [0.2, 0.25) is 0 Å². The number of hydrogen-bond donors (Lipinski definition) is 0. The van der Waals surface area contributed by atoms with Crippen molar-refractivity contribution in [3.8, 4) is 0 Å². The van der Waals surface area contributed by atoms with Gasteiger partial charge in [0.05, 0.1) is 0 Å². The van der Waals surface area contributed by atoms with Gasteiger partial charge in [-0.25, -0.2) is 0 Å². The molecule has 1 unspecified atom stereocenters. The molecule has 0 aliphatic heterocycles. The molecule has 0 radical (unpaired) electrons. The lowest BCUT2D eigenvalue weighted by atomic mass is 10.8. The SMILES string of the molecule is BP(C)C=O. The Morgan fingerprint density at radius 1 is 2.00 bits per heavy atom. The van der Waals surface area contributed by atoms with E-state index in [1.807, 2.05) is 14.2 Å². The fraction of sp³-hybridized carbons (Fsp3) is 0.500. The van der Waals surface area contributed by atoms with Crippen molar-refractivity contribution in [3.05, 3.63) is 0 Å². The summed E-state index contributed by atoms with van der Waals surface area (Å²) >= 11 is 0. The van der Waals surface area contributed by atoms with Gasteiger partial charge >= 0.3 is 0 Å². The van der Waals surface area contributed by atoms with E-state index in [9.17, 15) is 4.79 Å². The van der Waals surface area contributed by atoms with Crippen molar-refractivity contribution >= 4 is 21.4 Å². The molecule has 3 heteroatoms. The fourth-order valence-corrected chi connectivity index (χ4v) is 0. The molecule has 0 saturated carbocycles. The van der Waals surface area contributed by atoms with Crippen molar-refractivity contribution in [3.63, 3.8) is 0 Å². The minimum Gasteiger partial charge on any atom is -0.299 e. The highest BCUT2D eigenvalue weighted by Gasteiger charge is 1.78. The minimum absolute atomic E-state index is 0.279. The molecule has 0 N–H and O–H groups in total. The van der Waals surface area contributed by atoms with Crippen LogP contribution in [0.5, 0.6) is 0 Å². The molecule has 5 heavy (non-hydrogen) atoms. The summed E-state index contributed by atoms with van der Waals surface area (Å²) in [4.78, 5) is 9.53. The zero-order chi connectivity index (χ0) is 4.28. The number of hydrogen-bond acceptors (Lipinski definition) is 1. The first-order valence-electron chi connectivity index (χ1n) is 1.39. The maximum atomic E-state index is 9.53. The van der Waals surface area contributed by atoms with Crippen molar-refractivity contribution in [1.29, 1.82) is 0 Å². The highest BCUT2D eigenvalue weighted by atomic mass is 31.1. The Labute approximate surface area is 33.9 Å². The second-order valence-electron chi connectivity index (χ2n) is 1.07. The fourth-order valence-electron chi connectivity index (χ4n) is 0. The van der Waals surface area contributed by atoms with Gasteiger partial charge < -0.3 is 0 Å². The largest absolute Gasteiger partial charge is 0.299 e. The third-order valence-corrected chi connectivity index (χ3v) is 0.632. The molecule has 0 aromatic rings. The van der Waals surface area contributed by atoms with E-state index >= 15 is 0 Å². The van der Waals surface area contributed by atoms with E-state index in [4.69, 9.17) is 0 Å². The van der Waals surface area contributed by atoms with Gasteiger partial charge in [-0.05, 0) is 6.66 Å². The van der Waals surface area contributed by atoms with Gasteiger partial charge in [-0.15, -0.1) is 0 Å². The van der Waals surface area contributed by atoms with Gasteiger partial charge in [0.25, 0.3) is 0 Å². The molecule has 1 atom stereocenters. The summed E-state index contributed by atoms with van der Waals surface area (Å²) < 4.78 is 0. The Morgan fingerprint density at radius 3 is 2.20 bits per heavy atom. The standard InChI is InChI=1S/C2H6BOP/c1-5(3)2-4/h2H,3H2,1H3. The first kappa shape index (κ1) is 5.16. The monoisotopic (exact) mass is 88.0 g/mol. The van der Waals surface area contributed by atoms with Crippen LogP contribution in [0.3, 0.4) is 0 Å². The molecule has 0 fully saturated rings. The van der Waals surface area contributed by atoms with Crippen LogP contribution in [-0.4, -0.2) is 20.3 Å². The molecule has 0 aliphatic carbocycles. The average molecular weight is 87.9 g/mol. The lowest BCUT2D eigenvalue weighted by molar-refractivity contribution is 0.569. The zero-order valence-electron chi connectivity index (χ0n) is 3.43. The van der Waals surface area contributed by atoms with E-state index in [1.54, 1.807) is 0 Å². The maximum Gasteiger partial charge on any atom is 0.143 e. The van der Waals surface area contributed by atoms with Crippen LogP contribution in [0.1, 0.15) is 0 Å². The van der Waals surface area contributed by atoms with Crippen LogP contribution in [-0.2, 0) is 4.79 Å². The summed E-state index contributed by atoms with van der Waals surface area (Å²) in [5, 5.41) is 0. The predicted molar refractivity (Wildman–Crippen MR) is 28.1 cm³/mol. The topological polar surface area (TPSA) is 17.1 Å². The van der Waals surface area contributed by atoms with E-state index in [-0.39, 0.29) is 7.80 Å². The summed E-state index contributed by atoms with van der Waals surface area (Å²) in [7, 11) is 1.64. The third-order valence-electron chi connectivity index (χ3n) is 0.211. The van der Waals surface area contributed by atoms with Crippen molar-refractivity contribution in [1.82, 2.24) is 0 Å². The van der Waals surface area contributed by atoms with Crippen LogP contribution < -0.4 is 0 Å². The van der Waals surface area contributed by atoms with Crippen LogP contribution >= 0.6 is 7.80 Å². The Balaban J connectivity index is 2.83. The molecule has 0 rings (SSSR count). The molecule has 0 bridgehead atoms. The number of carbonyl (C=O) groups is 1. The van der Waals surface area contributed by atoms with Crippen LogP contribution in [0.25, 0.3) is 0 Å². The summed E-state index contributed by atoms with van der Waals surface area (Å²) in [6, 6.07) is 0.981. The highest BCUT2D eigenvalue weighted by Crippen LogP contribution is 2.14. The molecule has 0 aromatic heterocycles. The molecule has 0 heterocycles. The number of carbonyl (C=O) groups excluding carboxylic acids is 1. The quantitative estimate of drug-likeness (QED) is 0.247. The third kappa shape index (κ3) is 4.16. The average Bonchev–Trinajstić information content (AvgIpc) is 1.38. The van der Waals surface area contributed by atoms with Crippen molar-refractivity contribution in [2.75, 3.05) is 6.66 Å². The molecular formula is C2H6BOP. The van der Waals surface area contributed by atoms with Gasteiger partial charge in [0.15, 0.2) is 0 Å². The predicted octanol–water partition coefficient (Wildman–Crippen LogP) is -0.164. The van der Waals surface area contributed by atoms with Gasteiger partial charge in [0, 0.05) is 0 Å². The van der Waals surface area contributed by atoms with Crippen molar-refractivity contribution in [2.45, 2.75) is 0 Å². The maximum absolute atomic E-state index is 9.53. The molecule has 0 saturated heterocycles. The number of rotatable bonds is 1. The Bertz CT molecular complexity index is 36.6. The van der Waals surface area contributed by atoms with Crippen LogP contribution in [0.2, 0.25) is 0 Å². The van der Waals surface area contributed by atoms with Crippen LogP contribution in [0.15, 0.2) is 0 Å². The molecule has 1 nitrogen and oxygen atoms in total. The molecule has 0 aliphatic rings. The van der Waals surface area contributed by atoms with Crippen molar-refractivity contribution < 1.29 is 4.79 Å². The minimum atomic E-state index is -0.279. The normalized spacial score (nSPS) is 13.8. The summed E-state index contributed by atoms with van der Waals surface area (Å²) in [6.45, 7) is 1.92. The van der Waals surface area contributed by atoms with Crippen LogP contribution in [0.4, 0.5) is 0 Å². The molecular weight excluding hydrogens is 81.8 g/mol. The van der Waals surface area contributed by atoms with E-state index in [0.29, 0.717) is 0 Å². The molecule has 0 aromatic carbocycles. The van der Waals surface area contributed by atoms with E-state index < -0.39 is 0 Å². The first-order chi connectivity index (χ1) is 2.27. The molecule has 28 valence electrons. The lowest BCUT2D eigenvalue weighted by Gasteiger charge is -1.80. The van der Waals surface area contributed by atoms with Gasteiger partial charge in [-0.3, -0.25) is 4.79 Å². The smallest absolute Gasteiger partial charge is 0.143 e. The highest BCUT2D eigenvalue weighted by molar-refractivity contribution is 7.93. The first-order valence-corrected chi connectivity index (χ1v) is 3.69. The summed E-state index contributed by atoms with van der Waals surface area (Å²) in [5.41, 5.74) is 0. The summed E-state index contributed by atoms with van der Waals surface area (Å²) in [6.07, 6.45) is 0. The Kier molecular flexibility index (Phi) is 2.48. The van der Waals surface area contributed by atoms with Gasteiger partial charge in [-0.2, -0.15) is 0 Å². The van der Waals surface area contributed by atoms with Gasteiger partial charge in [0.1, 0.15) is 13.6 Å². The van der Waals surface area contributed by atoms with Crippen molar-refractivity contribution in [2.24, 2.45) is 0 Å². The summed E-state index contributed by atoms with van der Waals surface area (Å²) in [5.74, 6) is 0. The van der Waals surface area contributed by atoms with E-state index in [2.05, 4.69) is 0 Å². The van der Waals surface area contributed by atoms with Gasteiger partial charge in [-0.1, -0.05) is 7.80 Å².